The summed E-state index contributed by atoms with van der Waals surface area (Å²) in [5.74, 6) is 0. The van der Waals surface area contributed by atoms with E-state index < -0.39 is 0 Å². The molecule has 2 nitrogen and oxygen atoms in total. The zero-order valence-corrected chi connectivity index (χ0v) is 6.19. The summed E-state index contributed by atoms with van der Waals surface area (Å²) in [4.78, 5) is 0. The Bertz CT molecular complexity index is 151. The summed E-state index contributed by atoms with van der Waals surface area (Å²) in [7, 11) is 0. The van der Waals surface area contributed by atoms with Crippen LogP contribution < -0.4 is 10.6 Å². The summed E-state index contributed by atoms with van der Waals surface area (Å²) in [6.07, 6.45) is 7.61. The van der Waals surface area contributed by atoms with Crippen LogP contribution in [0.4, 0.5) is 0 Å². The maximum Gasteiger partial charge on any atom is 0.0652 e. The van der Waals surface area contributed by atoms with Crippen molar-refractivity contribution in [1.82, 2.24) is 10.6 Å². The van der Waals surface area contributed by atoms with Gasteiger partial charge in [-0.3, -0.25) is 5.32 Å². The topological polar surface area (TPSA) is 24.1 Å². The molecule has 1 aliphatic carbocycles. The normalized spacial score (nSPS) is 32.0. The highest BCUT2D eigenvalue weighted by Gasteiger charge is 2.19. The zero-order valence-electron chi connectivity index (χ0n) is 6.19. The minimum atomic E-state index is 0.704. The molecule has 2 heteroatoms. The highest BCUT2D eigenvalue weighted by molar-refractivity contribution is 5.14. The summed E-state index contributed by atoms with van der Waals surface area (Å²) < 4.78 is 0. The molecule has 0 spiro atoms. The van der Waals surface area contributed by atoms with Crippen LogP contribution in [0.3, 0.4) is 0 Å². The van der Waals surface area contributed by atoms with E-state index in [-0.39, 0.29) is 0 Å². The average molecular weight is 138 g/mol. The van der Waals surface area contributed by atoms with Gasteiger partial charge >= 0.3 is 0 Å². The van der Waals surface area contributed by atoms with Crippen LogP contribution in [0.25, 0.3) is 0 Å². The third-order valence-corrected chi connectivity index (χ3v) is 2.39. The molecule has 0 bridgehead atoms. The van der Waals surface area contributed by atoms with Gasteiger partial charge in [-0.1, -0.05) is 6.42 Å². The molecule has 2 N–H and O–H groups in total. The molecule has 1 heterocycles. The maximum atomic E-state index is 3.44. The molecule has 0 radical (unpaired) electrons. The molecular weight excluding hydrogens is 124 g/mol. The van der Waals surface area contributed by atoms with Gasteiger partial charge in [-0.15, -0.1) is 0 Å². The molecule has 1 aliphatic heterocycles. The zero-order chi connectivity index (χ0) is 6.81. The Kier molecular flexibility index (Phi) is 1.63. The van der Waals surface area contributed by atoms with Crippen molar-refractivity contribution in [3.05, 3.63) is 11.8 Å². The van der Waals surface area contributed by atoms with E-state index in [1.54, 1.807) is 5.57 Å². The summed E-state index contributed by atoms with van der Waals surface area (Å²) in [6, 6.07) is 0.704. The fourth-order valence-corrected chi connectivity index (χ4v) is 1.81. The van der Waals surface area contributed by atoms with Gasteiger partial charge in [0.2, 0.25) is 0 Å². The Balaban J connectivity index is 2.08. The van der Waals surface area contributed by atoms with E-state index >= 15 is 0 Å². The SMILES string of the molecule is C1=C2CCCCC2NCN1. The molecule has 2 rings (SSSR count). The maximum absolute atomic E-state index is 3.44. The first kappa shape index (κ1) is 6.23. The fourth-order valence-electron chi connectivity index (χ4n) is 1.81. The quantitative estimate of drug-likeness (QED) is 0.521. The Hall–Kier alpha value is -0.500. The van der Waals surface area contributed by atoms with Crippen molar-refractivity contribution in [1.29, 1.82) is 0 Å². The van der Waals surface area contributed by atoms with E-state index in [4.69, 9.17) is 0 Å². The Morgan fingerprint density at radius 1 is 1.40 bits per heavy atom. The van der Waals surface area contributed by atoms with Crippen LogP contribution in [-0.4, -0.2) is 12.7 Å². The number of hydrogen-bond donors (Lipinski definition) is 2. The first-order valence-electron chi connectivity index (χ1n) is 4.12. The van der Waals surface area contributed by atoms with Crippen LogP contribution in [0, 0.1) is 0 Å². The van der Waals surface area contributed by atoms with Crippen LogP contribution in [0.15, 0.2) is 11.8 Å². The van der Waals surface area contributed by atoms with E-state index in [0.29, 0.717) is 6.04 Å². The van der Waals surface area contributed by atoms with Crippen molar-refractivity contribution >= 4 is 0 Å². The minimum Gasteiger partial charge on any atom is -0.378 e. The summed E-state index contributed by atoms with van der Waals surface area (Å²) in [6.45, 7) is 0.953. The van der Waals surface area contributed by atoms with E-state index in [9.17, 15) is 0 Å². The van der Waals surface area contributed by atoms with Crippen LogP contribution in [0.1, 0.15) is 25.7 Å². The standard InChI is InChI=1S/C8H14N2/c1-2-4-8-7(3-1)5-9-6-10-8/h5,8-10H,1-4,6H2. The second kappa shape index (κ2) is 2.62. The third kappa shape index (κ3) is 1.03. The molecule has 0 aromatic heterocycles. The first-order valence-corrected chi connectivity index (χ1v) is 4.12. The Labute approximate surface area is 61.7 Å². The lowest BCUT2D eigenvalue weighted by Gasteiger charge is -2.30. The summed E-state index contributed by atoms with van der Waals surface area (Å²) >= 11 is 0. The van der Waals surface area contributed by atoms with Crippen molar-refractivity contribution in [2.24, 2.45) is 0 Å². The predicted octanol–water partition coefficient (Wildman–Crippen LogP) is 0.963. The van der Waals surface area contributed by atoms with Crippen molar-refractivity contribution in [2.75, 3.05) is 6.67 Å². The molecule has 0 amide bonds. The molecule has 56 valence electrons. The molecule has 0 saturated heterocycles. The van der Waals surface area contributed by atoms with E-state index in [2.05, 4.69) is 16.8 Å². The number of fused-ring (bicyclic) bond motifs is 1. The average Bonchev–Trinajstić information content (AvgIpc) is 2.05. The molecule has 0 aromatic rings. The fraction of sp³-hybridized carbons (Fsp3) is 0.750. The lowest BCUT2D eigenvalue weighted by atomic mass is 9.90. The van der Waals surface area contributed by atoms with Gasteiger partial charge < -0.3 is 5.32 Å². The number of rotatable bonds is 0. The second-order valence-corrected chi connectivity index (χ2v) is 3.10. The second-order valence-electron chi connectivity index (χ2n) is 3.10. The lowest BCUT2D eigenvalue weighted by molar-refractivity contribution is 0.424. The molecule has 0 aromatic carbocycles. The predicted molar refractivity (Wildman–Crippen MR) is 41.5 cm³/mol. The largest absolute Gasteiger partial charge is 0.378 e. The lowest BCUT2D eigenvalue weighted by Crippen LogP contribution is -2.42. The number of nitrogens with one attached hydrogen (secondary N) is 2. The highest BCUT2D eigenvalue weighted by Crippen LogP contribution is 2.23. The van der Waals surface area contributed by atoms with Crippen LogP contribution in [0.5, 0.6) is 0 Å². The monoisotopic (exact) mass is 138 g/mol. The van der Waals surface area contributed by atoms with E-state index in [0.717, 1.165) is 6.67 Å². The van der Waals surface area contributed by atoms with Crippen molar-refractivity contribution in [3.8, 4) is 0 Å². The van der Waals surface area contributed by atoms with E-state index in [1.165, 1.54) is 25.7 Å². The molecule has 10 heavy (non-hydrogen) atoms. The third-order valence-electron chi connectivity index (χ3n) is 2.39. The summed E-state index contributed by atoms with van der Waals surface area (Å²) in [5, 5.41) is 6.65. The van der Waals surface area contributed by atoms with Gasteiger partial charge in [0.25, 0.3) is 0 Å². The van der Waals surface area contributed by atoms with Crippen LogP contribution >= 0.6 is 0 Å². The van der Waals surface area contributed by atoms with Gasteiger partial charge in [0, 0.05) is 6.04 Å². The van der Waals surface area contributed by atoms with Gasteiger partial charge in [0.15, 0.2) is 0 Å². The van der Waals surface area contributed by atoms with Crippen molar-refractivity contribution in [2.45, 2.75) is 31.7 Å². The molecule has 1 unspecified atom stereocenters. The Morgan fingerprint density at radius 2 is 2.40 bits per heavy atom. The van der Waals surface area contributed by atoms with Gasteiger partial charge in [-0.25, -0.2) is 0 Å². The molecule has 1 fully saturated rings. The van der Waals surface area contributed by atoms with Crippen molar-refractivity contribution in [3.63, 3.8) is 0 Å². The van der Waals surface area contributed by atoms with Gasteiger partial charge in [-0.2, -0.15) is 0 Å². The van der Waals surface area contributed by atoms with Crippen LogP contribution in [0.2, 0.25) is 0 Å². The van der Waals surface area contributed by atoms with Gasteiger partial charge in [0.1, 0.15) is 0 Å². The highest BCUT2D eigenvalue weighted by atomic mass is 15.1. The Morgan fingerprint density at radius 3 is 3.30 bits per heavy atom. The number of hydrogen-bond acceptors (Lipinski definition) is 2. The first-order chi connectivity index (χ1) is 4.97. The van der Waals surface area contributed by atoms with E-state index in [1.807, 2.05) is 0 Å². The molecular formula is C8H14N2. The molecule has 1 atom stereocenters. The van der Waals surface area contributed by atoms with Crippen LogP contribution in [-0.2, 0) is 0 Å². The van der Waals surface area contributed by atoms with Crippen molar-refractivity contribution < 1.29 is 0 Å². The molecule has 2 aliphatic rings. The molecule has 1 saturated carbocycles. The van der Waals surface area contributed by atoms with Gasteiger partial charge in [-0.05, 0) is 31.0 Å². The minimum absolute atomic E-state index is 0.704. The smallest absolute Gasteiger partial charge is 0.0652 e. The summed E-state index contributed by atoms with van der Waals surface area (Å²) in [5.41, 5.74) is 1.58. The van der Waals surface area contributed by atoms with Gasteiger partial charge in [0.05, 0.1) is 6.67 Å².